The Balaban J connectivity index is 1.97. The molecule has 0 saturated heterocycles. The number of aromatic hydroxyl groups is 1. The first-order valence-electron chi connectivity index (χ1n) is 11.3. The normalized spacial score (nSPS) is 15.4. The summed E-state index contributed by atoms with van der Waals surface area (Å²) in [7, 11) is 0. The van der Waals surface area contributed by atoms with E-state index in [1.54, 1.807) is 64.7 Å². The lowest BCUT2D eigenvalue weighted by Crippen LogP contribution is -2.43. The Hall–Kier alpha value is -3.03. The predicted molar refractivity (Wildman–Crippen MR) is 151 cm³/mol. The van der Waals surface area contributed by atoms with E-state index >= 15 is 0 Å². The molecule has 3 aromatic rings. The molecule has 1 aliphatic rings. The van der Waals surface area contributed by atoms with Crippen LogP contribution in [0.5, 0.6) is 5.75 Å². The summed E-state index contributed by atoms with van der Waals surface area (Å²) in [5.74, 6) is -0.633. The van der Waals surface area contributed by atoms with Crippen LogP contribution in [0.15, 0.2) is 57.5 Å². The lowest BCUT2D eigenvalue weighted by Gasteiger charge is -2.29. The second-order valence-corrected chi connectivity index (χ2v) is 10.8. The fraction of sp³-hybridized carbons (Fsp3) is 0.240. The Kier molecular flexibility index (Phi) is 7.85. The maximum Gasteiger partial charge on any atom is 0.312 e. The zero-order chi connectivity index (χ0) is 27.0. The summed E-state index contributed by atoms with van der Waals surface area (Å²) in [6, 6.07) is 9.02. The van der Waals surface area contributed by atoms with Crippen molar-refractivity contribution in [2.24, 2.45) is 4.99 Å². The number of thiazole rings is 1. The average Bonchev–Trinajstić information content (AvgIpc) is 3.15. The summed E-state index contributed by atoms with van der Waals surface area (Å²) in [5.41, 5.74) is 1.17. The number of amides is 1. The van der Waals surface area contributed by atoms with Crippen molar-refractivity contribution < 1.29 is 14.8 Å². The summed E-state index contributed by atoms with van der Waals surface area (Å²) >= 11 is 9.05. The largest absolute Gasteiger partial charge is 0.501 e. The molecule has 2 aromatic carbocycles. The number of allylic oxidation sites excluding steroid dienone is 1. The molecular formula is C25H22ClIN4O5S. The van der Waals surface area contributed by atoms with Crippen molar-refractivity contribution in [3.63, 3.8) is 0 Å². The van der Waals surface area contributed by atoms with Gasteiger partial charge in [0.25, 0.3) is 11.5 Å². The number of phenolic OH excluding ortho intramolecular Hbond substituents is 1. The topological polar surface area (TPSA) is 118 Å². The van der Waals surface area contributed by atoms with E-state index in [-0.39, 0.29) is 19.6 Å². The highest BCUT2D eigenvalue weighted by atomic mass is 127. The fourth-order valence-corrected chi connectivity index (χ4v) is 6.02. The minimum atomic E-state index is -0.724. The number of nitro groups is 1. The number of likely N-dealkylation sites (N-methyl/N-ethyl adjacent to an activating group) is 1. The van der Waals surface area contributed by atoms with E-state index < -0.39 is 22.4 Å². The van der Waals surface area contributed by atoms with Crippen LogP contribution in [0.3, 0.4) is 0 Å². The molecule has 0 fully saturated rings. The molecule has 0 saturated carbocycles. The fourth-order valence-electron chi connectivity index (χ4n) is 4.22. The number of hydrogen-bond acceptors (Lipinski definition) is 7. The van der Waals surface area contributed by atoms with Crippen molar-refractivity contribution in [2.75, 3.05) is 13.1 Å². The van der Waals surface area contributed by atoms with Crippen LogP contribution in [0.2, 0.25) is 5.02 Å². The predicted octanol–water partition coefficient (Wildman–Crippen LogP) is 3.98. The third kappa shape index (κ3) is 5.07. The number of nitro benzene ring substituents is 1. The summed E-state index contributed by atoms with van der Waals surface area (Å²) in [6.45, 7) is 6.54. The van der Waals surface area contributed by atoms with E-state index in [0.29, 0.717) is 45.3 Å². The van der Waals surface area contributed by atoms with Gasteiger partial charge >= 0.3 is 5.69 Å². The maximum absolute atomic E-state index is 13.7. The number of carbonyl (C=O) groups is 1. The Morgan fingerprint density at radius 1 is 1.30 bits per heavy atom. The monoisotopic (exact) mass is 652 g/mol. The Morgan fingerprint density at radius 3 is 2.54 bits per heavy atom. The number of halogens is 2. The van der Waals surface area contributed by atoms with Crippen LogP contribution in [0.25, 0.3) is 6.08 Å². The molecule has 12 heteroatoms. The highest BCUT2D eigenvalue weighted by Crippen LogP contribution is 2.33. The quantitative estimate of drug-likeness (QED) is 0.246. The van der Waals surface area contributed by atoms with Crippen molar-refractivity contribution in [3.8, 4) is 5.75 Å². The molecule has 1 atom stereocenters. The van der Waals surface area contributed by atoms with Gasteiger partial charge in [-0.3, -0.25) is 24.3 Å². The van der Waals surface area contributed by atoms with Crippen molar-refractivity contribution in [2.45, 2.75) is 26.8 Å². The number of benzene rings is 2. The average molecular weight is 653 g/mol. The molecule has 192 valence electrons. The van der Waals surface area contributed by atoms with E-state index in [4.69, 9.17) is 11.6 Å². The van der Waals surface area contributed by atoms with E-state index in [1.807, 2.05) is 13.8 Å². The van der Waals surface area contributed by atoms with E-state index in [0.717, 1.165) is 11.3 Å². The lowest BCUT2D eigenvalue weighted by atomic mass is 9.94. The van der Waals surface area contributed by atoms with E-state index in [9.17, 15) is 24.8 Å². The molecule has 0 aliphatic carbocycles. The zero-order valence-electron chi connectivity index (χ0n) is 20.1. The van der Waals surface area contributed by atoms with Gasteiger partial charge in [-0.1, -0.05) is 35.1 Å². The number of fused-ring (bicyclic) bond motifs is 1. The first-order chi connectivity index (χ1) is 17.6. The van der Waals surface area contributed by atoms with Crippen LogP contribution >= 0.6 is 45.5 Å². The standard InChI is InChI=1S/C25H22ClIN4O5S/c1-4-29(5-2)24(34)20-13(3)28-25-30(21(20)15-6-8-16(26)9-7-15)23(33)19(37-25)12-14-10-17(27)22(32)18(11-14)31(35)36/h6-12,21,32H,4-5H2,1-3H3/b19-12+/t21-/m1/s1. The molecule has 1 amide bonds. The van der Waals surface area contributed by atoms with E-state index in [1.165, 1.54) is 16.7 Å². The highest BCUT2D eigenvalue weighted by molar-refractivity contribution is 14.1. The molecular weight excluding hydrogens is 631 g/mol. The smallest absolute Gasteiger partial charge is 0.312 e. The third-order valence-electron chi connectivity index (χ3n) is 6.05. The van der Waals surface area contributed by atoms with Crippen LogP contribution in [-0.2, 0) is 4.79 Å². The number of nitrogens with zero attached hydrogens (tertiary/aromatic N) is 4. The van der Waals surface area contributed by atoms with Gasteiger partial charge < -0.3 is 10.0 Å². The van der Waals surface area contributed by atoms with Gasteiger partial charge in [-0.15, -0.1) is 0 Å². The zero-order valence-corrected chi connectivity index (χ0v) is 23.8. The van der Waals surface area contributed by atoms with Gasteiger partial charge in [0.2, 0.25) is 5.75 Å². The lowest BCUT2D eigenvalue weighted by molar-refractivity contribution is -0.386. The van der Waals surface area contributed by atoms with Gasteiger partial charge in [0, 0.05) is 24.2 Å². The van der Waals surface area contributed by atoms with Gasteiger partial charge in [-0.25, -0.2) is 4.99 Å². The second kappa shape index (κ2) is 10.8. The second-order valence-electron chi connectivity index (χ2n) is 8.24. The first kappa shape index (κ1) is 27.0. The van der Waals surface area contributed by atoms with Crippen LogP contribution in [-0.4, -0.2) is 38.5 Å². The maximum atomic E-state index is 13.7. The minimum absolute atomic E-state index is 0.204. The van der Waals surface area contributed by atoms with Gasteiger partial charge in [0.15, 0.2) is 4.80 Å². The highest BCUT2D eigenvalue weighted by Gasteiger charge is 2.34. The van der Waals surface area contributed by atoms with Gasteiger partial charge in [-0.2, -0.15) is 0 Å². The molecule has 1 aliphatic heterocycles. The number of rotatable bonds is 6. The van der Waals surface area contributed by atoms with Crippen molar-refractivity contribution in [3.05, 3.63) is 97.2 Å². The molecule has 0 unspecified atom stereocenters. The van der Waals surface area contributed by atoms with Crippen LogP contribution in [0, 0.1) is 13.7 Å². The third-order valence-corrected chi connectivity index (χ3v) is 8.11. The van der Waals surface area contributed by atoms with Gasteiger partial charge in [0.05, 0.1) is 30.3 Å². The van der Waals surface area contributed by atoms with Gasteiger partial charge in [-0.05, 0) is 78.8 Å². The minimum Gasteiger partial charge on any atom is -0.501 e. The van der Waals surface area contributed by atoms with Crippen LogP contribution in [0.1, 0.15) is 37.9 Å². The molecule has 1 N–H and O–H groups in total. The first-order valence-corrected chi connectivity index (χ1v) is 13.6. The molecule has 37 heavy (non-hydrogen) atoms. The number of carbonyl (C=O) groups excluding carboxylic acids is 1. The van der Waals surface area contributed by atoms with Crippen molar-refractivity contribution >= 4 is 63.2 Å². The Labute approximate surface area is 234 Å². The Morgan fingerprint density at radius 2 is 1.95 bits per heavy atom. The van der Waals surface area contributed by atoms with Crippen molar-refractivity contribution in [1.29, 1.82) is 0 Å². The molecule has 2 heterocycles. The van der Waals surface area contributed by atoms with Gasteiger partial charge in [0.1, 0.15) is 0 Å². The number of hydrogen-bond donors (Lipinski definition) is 1. The molecule has 0 radical (unpaired) electrons. The molecule has 0 bridgehead atoms. The van der Waals surface area contributed by atoms with Crippen molar-refractivity contribution in [1.82, 2.24) is 9.47 Å². The number of phenols is 1. The summed E-state index contributed by atoms with van der Waals surface area (Å²) < 4.78 is 2.06. The number of aromatic nitrogens is 1. The SMILES string of the molecule is CCN(CC)C(=O)C1=C(C)N=c2s/c(=C/c3cc(I)c(O)c([N+](=O)[O-])c3)c(=O)n2[C@@H]1c1ccc(Cl)cc1. The van der Waals surface area contributed by atoms with Crippen LogP contribution in [0.4, 0.5) is 5.69 Å². The molecule has 1 aromatic heterocycles. The molecule has 4 rings (SSSR count). The van der Waals surface area contributed by atoms with E-state index in [2.05, 4.69) is 4.99 Å². The Bertz CT molecular complexity index is 1620. The summed E-state index contributed by atoms with van der Waals surface area (Å²) in [5, 5.41) is 21.9. The molecule has 0 spiro atoms. The summed E-state index contributed by atoms with van der Waals surface area (Å²) in [6.07, 6.45) is 1.53. The summed E-state index contributed by atoms with van der Waals surface area (Å²) in [4.78, 5) is 44.7. The molecule has 9 nitrogen and oxygen atoms in total. The van der Waals surface area contributed by atoms with Crippen LogP contribution < -0.4 is 14.9 Å².